The van der Waals surface area contributed by atoms with Gasteiger partial charge < -0.3 is 10.2 Å². The fourth-order valence-corrected chi connectivity index (χ4v) is 1.57. The van der Waals surface area contributed by atoms with Gasteiger partial charge in [0.25, 0.3) is 0 Å². The SMILES string of the molecule is C#CCN1CC(=O)Nc2ccc(F)cc21. The minimum atomic E-state index is -0.341. The molecule has 0 atom stereocenters. The molecule has 4 heteroatoms. The molecule has 3 nitrogen and oxygen atoms in total. The van der Waals surface area contributed by atoms with E-state index in [9.17, 15) is 9.18 Å². The van der Waals surface area contributed by atoms with E-state index < -0.39 is 0 Å². The lowest BCUT2D eigenvalue weighted by Crippen LogP contribution is -2.38. The Bertz CT molecular complexity index is 450. The van der Waals surface area contributed by atoms with Crippen LogP contribution in [0.2, 0.25) is 0 Å². The Balaban J connectivity index is 2.43. The molecule has 1 aromatic carbocycles. The second-order valence-corrected chi connectivity index (χ2v) is 3.27. The van der Waals surface area contributed by atoms with Crippen LogP contribution in [-0.4, -0.2) is 19.0 Å². The number of hydrogen-bond donors (Lipinski definition) is 1. The van der Waals surface area contributed by atoms with Gasteiger partial charge in [-0.25, -0.2) is 4.39 Å². The van der Waals surface area contributed by atoms with Crippen molar-refractivity contribution in [3.05, 3.63) is 24.0 Å². The fraction of sp³-hybridized carbons (Fsp3) is 0.182. The maximum absolute atomic E-state index is 13.0. The van der Waals surface area contributed by atoms with Crippen LogP contribution < -0.4 is 10.2 Å². The lowest BCUT2D eigenvalue weighted by atomic mass is 10.2. The molecule has 1 heterocycles. The Hall–Kier alpha value is -2.02. The van der Waals surface area contributed by atoms with E-state index in [1.165, 1.54) is 18.2 Å². The molecule has 0 saturated carbocycles. The first kappa shape index (κ1) is 9.53. The molecule has 1 N–H and O–H groups in total. The number of benzene rings is 1. The van der Waals surface area contributed by atoms with Crippen LogP contribution >= 0.6 is 0 Å². The fourth-order valence-electron chi connectivity index (χ4n) is 1.57. The van der Waals surface area contributed by atoms with Crippen LogP contribution in [0, 0.1) is 18.2 Å². The molecule has 0 saturated heterocycles. The molecule has 2 rings (SSSR count). The topological polar surface area (TPSA) is 32.3 Å². The van der Waals surface area contributed by atoms with Gasteiger partial charge in [0, 0.05) is 0 Å². The molecular weight excluding hydrogens is 195 g/mol. The molecule has 0 unspecified atom stereocenters. The van der Waals surface area contributed by atoms with E-state index in [0.29, 0.717) is 17.9 Å². The van der Waals surface area contributed by atoms with Crippen molar-refractivity contribution >= 4 is 17.3 Å². The third-order valence-electron chi connectivity index (χ3n) is 2.19. The van der Waals surface area contributed by atoms with Gasteiger partial charge in [-0.05, 0) is 18.2 Å². The van der Waals surface area contributed by atoms with Crippen LogP contribution in [0.5, 0.6) is 0 Å². The van der Waals surface area contributed by atoms with Crippen LogP contribution in [0.25, 0.3) is 0 Å². The lowest BCUT2D eigenvalue weighted by molar-refractivity contribution is -0.115. The monoisotopic (exact) mass is 204 g/mol. The first-order valence-corrected chi connectivity index (χ1v) is 4.48. The molecule has 1 aromatic rings. The quantitative estimate of drug-likeness (QED) is 0.697. The van der Waals surface area contributed by atoms with E-state index in [-0.39, 0.29) is 18.3 Å². The van der Waals surface area contributed by atoms with Crippen molar-refractivity contribution < 1.29 is 9.18 Å². The number of anilines is 2. The average Bonchev–Trinajstić information content (AvgIpc) is 2.19. The summed E-state index contributed by atoms with van der Waals surface area (Å²) < 4.78 is 13.0. The third-order valence-corrected chi connectivity index (χ3v) is 2.19. The summed E-state index contributed by atoms with van der Waals surface area (Å²) in [6.07, 6.45) is 5.18. The zero-order valence-corrected chi connectivity index (χ0v) is 7.96. The molecule has 1 aliphatic rings. The standard InChI is InChI=1S/C11H9FN2O/c1-2-5-14-7-11(15)13-9-4-3-8(12)6-10(9)14/h1,3-4,6H,5,7H2,(H,13,15). The minimum absolute atomic E-state index is 0.135. The summed E-state index contributed by atoms with van der Waals surface area (Å²) in [6, 6.07) is 4.20. The molecule has 15 heavy (non-hydrogen) atoms. The molecule has 76 valence electrons. The van der Waals surface area contributed by atoms with Crippen molar-refractivity contribution in [2.75, 3.05) is 23.3 Å². The lowest BCUT2D eigenvalue weighted by Gasteiger charge is -2.29. The summed E-state index contributed by atoms with van der Waals surface area (Å²) in [6.45, 7) is 0.463. The predicted molar refractivity (Wildman–Crippen MR) is 56.1 cm³/mol. The highest BCUT2D eigenvalue weighted by Gasteiger charge is 2.21. The van der Waals surface area contributed by atoms with Gasteiger partial charge in [0.15, 0.2) is 0 Å². The van der Waals surface area contributed by atoms with Gasteiger partial charge in [-0.15, -0.1) is 6.42 Å². The van der Waals surface area contributed by atoms with Gasteiger partial charge in [0.05, 0.1) is 24.5 Å². The normalized spacial score (nSPS) is 14.1. The van der Waals surface area contributed by atoms with Crippen molar-refractivity contribution in [3.8, 4) is 12.3 Å². The number of halogens is 1. The van der Waals surface area contributed by atoms with E-state index in [0.717, 1.165) is 0 Å². The van der Waals surface area contributed by atoms with Crippen molar-refractivity contribution in [3.63, 3.8) is 0 Å². The summed E-state index contributed by atoms with van der Waals surface area (Å²) in [4.78, 5) is 12.9. The molecule has 0 bridgehead atoms. The summed E-state index contributed by atoms with van der Waals surface area (Å²) in [7, 11) is 0. The molecule has 1 amide bonds. The number of terminal acetylenes is 1. The van der Waals surface area contributed by atoms with E-state index >= 15 is 0 Å². The van der Waals surface area contributed by atoms with Gasteiger partial charge >= 0.3 is 0 Å². The second-order valence-electron chi connectivity index (χ2n) is 3.27. The first-order valence-electron chi connectivity index (χ1n) is 4.48. The van der Waals surface area contributed by atoms with Crippen molar-refractivity contribution in [2.24, 2.45) is 0 Å². The van der Waals surface area contributed by atoms with Crippen LogP contribution in [-0.2, 0) is 4.79 Å². The molecule has 0 aromatic heterocycles. The first-order chi connectivity index (χ1) is 7.20. The van der Waals surface area contributed by atoms with Crippen molar-refractivity contribution in [2.45, 2.75) is 0 Å². The van der Waals surface area contributed by atoms with Crippen molar-refractivity contribution in [1.82, 2.24) is 0 Å². The average molecular weight is 204 g/mol. The van der Waals surface area contributed by atoms with Gasteiger partial charge in [-0.1, -0.05) is 5.92 Å². The van der Waals surface area contributed by atoms with Gasteiger partial charge in [-0.2, -0.15) is 0 Å². The summed E-state index contributed by atoms with van der Waals surface area (Å²) in [5.41, 5.74) is 1.23. The molecule has 0 radical (unpaired) electrons. The van der Waals surface area contributed by atoms with Crippen LogP contribution in [0.1, 0.15) is 0 Å². The van der Waals surface area contributed by atoms with Crippen LogP contribution in [0.3, 0.4) is 0 Å². The Kier molecular flexibility index (Phi) is 2.30. The maximum Gasteiger partial charge on any atom is 0.243 e. The number of nitrogens with zero attached hydrogens (tertiary/aromatic N) is 1. The van der Waals surface area contributed by atoms with Gasteiger partial charge in [-0.3, -0.25) is 4.79 Å². The Morgan fingerprint density at radius 2 is 2.40 bits per heavy atom. The zero-order valence-electron chi connectivity index (χ0n) is 7.96. The highest BCUT2D eigenvalue weighted by atomic mass is 19.1. The van der Waals surface area contributed by atoms with Crippen LogP contribution in [0.4, 0.5) is 15.8 Å². The molecule has 0 fully saturated rings. The number of amides is 1. The molecule has 0 spiro atoms. The second kappa shape index (κ2) is 3.62. The Morgan fingerprint density at radius 1 is 1.60 bits per heavy atom. The smallest absolute Gasteiger partial charge is 0.243 e. The van der Waals surface area contributed by atoms with Crippen LogP contribution in [0.15, 0.2) is 18.2 Å². The summed E-state index contributed by atoms with van der Waals surface area (Å²) >= 11 is 0. The largest absolute Gasteiger partial charge is 0.349 e. The predicted octanol–water partition coefficient (Wildman–Crippen LogP) is 1.22. The number of carbonyl (C=O) groups is 1. The van der Waals surface area contributed by atoms with Gasteiger partial charge in [0.2, 0.25) is 5.91 Å². The number of nitrogens with one attached hydrogen (secondary N) is 1. The highest BCUT2D eigenvalue weighted by Crippen LogP contribution is 2.29. The zero-order chi connectivity index (χ0) is 10.8. The van der Waals surface area contributed by atoms with E-state index in [4.69, 9.17) is 6.42 Å². The third kappa shape index (κ3) is 1.77. The summed E-state index contributed by atoms with van der Waals surface area (Å²) in [5.74, 6) is 1.97. The Labute approximate surface area is 86.9 Å². The Morgan fingerprint density at radius 3 is 3.13 bits per heavy atom. The van der Waals surface area contributed by atoms with Gasteiger partial charge in [0.1, 0.15) is 5.82 Å². The molecule has 1 aliphatic heterocycles. The van der Waals surface area contributed by atoms with Crippen molar-refractivity contribution in [1.29, 1.82) is 0 Å². The minimum Gasteiger partial charge on any atom is -0.349 e. The van der Waals surface area contributed by atoms with E-state index in [1.807, 2.05) is 0 Å². The van der Waals surface area contributed by atoms with E-state index in [1.54, 1.807) is 4.90 Å². The number of fused-ring (bicyclic) bond motifs is 1. The molecule has 0 aliphatic carbocycles. The molecular formula is C11H9FN2O. The number of carbonyl (C=O) groups excluding carboxylic acids is 1. The maximum atomic E-state index is 13.0. The number of hydrogen-bond acceptors (Lipinski definition) is 2. The van der Waals surface area contributed by atoms with E-state index in [2.05, 4.69) is 11.2 Å². The number of rotatable bonds is 1. The summed E-state index contributed by atoms with van der Waals surface area (Å²) in [5, 5.41) is 2.66. The highest BCUT2D eigenvalue weighted by molar-refractivity contribution is 6.01.